The smallest absolute Gasteiger partial charge is 0.155 e. The molecule has 0 aliphatic rings. The second kappa shape index (κ2) is 6.80. The molecule has 1 aromatic heterocycles. The van der Waals surface area contributed by atoms with Crippen molar-refractivity contribution in [3.63, 3.8) is 0 Å². The van der Waals surface area contributed by atoms with E-state index in [0.29, 0.717) is 11.5 Å². The zero-order chi connectivity index (χ0) is 18.1. The van der Waals surface area contributed by atoms with Gasteiger partial charge in [0.15, 0.2) is 5.15 Å². The molecule has 0 amide bonds. The van der Waals surface area contributed by atoms with Gasteiger partial charge in [-0.3, -0.25) is 4.57 Å². The molecule has 3 nitrogen and oxygen atoms in total. The van der Waals surface area contributed by atoms with Gasteiger partial charge in [-0.1, -0.05) is 11.6 Å². The van der Waals surface area contributed by atoms with Crippen LogP contribution in [-0.2, 0) is 0 Å². The predicted molar refractivity (Wildman–Crippen MR) is 89.8 cm³/mol. The molecule has 3 aromatic rings. The molecular weight excluding hydrogens is 353 g/mol. The first kappa shape index (κ1) is 17.4. The predicted octanol–water partition coefficient (Wildman–Crippen LogP) is 5.32. The first-order valence-corrected chi connectivity index (χ1v) is 7.93. The third kappa shape index (κ3) is 3.22. The Morgan fingerprint density at radius 3 is 2.24 bits per heavy atom. The van der Waals surface area contributed by atoms with Crippen LogP contribution in [0, 0.1) is 24.4 Å². The minimum Gasteiger partial charge on any atom is -0.494 e. The average molecular weight is 367 g/mol. The maximum atomic E-state index is 14.6. The van der Waals surface area contributed by atoms with Gasteiger partial charge in [-0.25, -0.2) is 18.2 Å². The summed E-state index contributed by atoms with van der Waals surface area (Å²) in [5, 5.41) is -0.0521. The molecule has 1 heterocycles. The van der Waals surface area contributed by atoms with E-state index in [0.717, 1.165) is 12.1 Å². The summed E-state index contributed by atoms with van der Waals surface area (Å²) in [7, 11) is 0. The number of halogens is 4. The number of hydrogen-bond acceptors (Lipinski definition) is 2. The summed E-state index contributed by atoms with van der Waals surface area (Å²) in [5.41, 5.74) is 0.225. The van der Waals surface area contributed by atoms with Crippen LogP contribution in [0.4, 0.5) is 13.2 Å². The van der Waals surface area contributed by atoms with Gasteiger partial charge in [-0.2, -0.15) is 0 Å². The Hall–Kier alpha value is -2.47. The van der Waals surface area contributed by atoms with E-state index in [4.69, 9.17) is 16.3 Å². The fourth-order valence-electron chi connectivity index (χ4n) is 2.65. The second-order valence-corrected chi connectivity index (χ2v) is 5.66. The lowest BCUT2D eigenvalue weighted by Gasteiger charge is -2.13. The molecular formula is C18H14ClF3N2O. The summed E-state index contributed by atoms with van der Waals surface area (Å²) < 4.78 is 49.0. The molecule has 130 valence electrons. The molecule has 0 saturated heterocycles. The van der Waals surface area contributed by atoms with Gasteiger partial charge in [0.1, 0.15) is 29.0 Å². The maximum absolute atomic E-state index is 14.6. The van der Waals surface area contributed by atoms with Crippen LogP contribution in [0.15, 0.2) is 36.4 Å². The first-order valence-electron chi connectivity index (χ1n) is 7.55. The van der Waals surface area contributed by atoms with Gasteiger partial charge in [0, 0.05) is 17.8 Å². The van der Waals surface area contributed by atoms with Crippen molar-refractivity contribution in [1.29, 1.82) is 0 Å². The van der Waals surface area contributed by atoms with Crippen molar-refractivity contribution in [2.24, 2.45) is 0 Å². The zero-order valence-electron chi connectivity index (χ0n) is 13.5. The molecule has 0 radical (unpaired) electrons. The van der Waals surface area contributed by atoms with Crippen molar-refractivity contribution in [3.05, 3.63) is 64.8 Å². The summed E-state index contributed by atoms with van der Waals surface area (Å²) in [6, 6.07) is 7.64. The number of hydrogen-bond donors (Lipinski definition) is 0. The van der Waals surface area contributed by atoms with E-state index in [9.17, 15) is 13.2 Å². The van der Waals surface area contributed by atoms with Crippen LogP contribution in [0.25, 0.3) is 16.9 Å². The molecule has 0 saturated carbocycles. The van der Waals surface area contributed by atoms with Crippen LogP contribution in [0.5, 0.6) is 5.75 Å². The van der Waals surface area contributed by atoms with E-state index >= 15 is 0 Å². The Kier molecular flexibility index (Phi) is 4.72. The number of aromatic nitrogens is 2. The Labute approximate surface area is 147 Å². The molecule has 0 fully saturated rings. The fraction of sp³-hybridized carbons (Fsp3) is 0.167. The summed E-state index contributed by atoms with van der Waals surface area (Å²) in [4.78, 5) is 4.10. The van der Waals surface area contributed by atoms with Crippen molar-refractivity contribution < 1.29 is 17.9 Å². The van der Waals surface area contributed by atoms with Gasteiger partial charge in [0.25, 0.3) is 0 Å². The zero-order valence-corrected chi connectivity index (χ0v) is 14.2. The SMILES string of the molecule is CCOc1cc(F)c(-c2c(Cl)nc(C)n2-c2ccc(F)cc2)c(F)c1. The van der Waals surface area contributed by atoms with Crippen LogP contribution >= 0.6 is 11.6 Å². The Morgan fingerprint density at radius 2 is 1.68 bits per heavy atom. The van der Waals surface area contributed by atoms with Crippen LogP contribution in [0.2, 0.25) is 5.15 Å². The highest BCUT2D eigenvalue weighted by atomic mass is 35.5. The average Bonchev–Trinajstić information content (AvgIpc) is 2.82. The first-order chi connectivity index (χ1) is 11.9. The molecule has 0 bridgehead atoms. The number of aryl methyl sites for hydroxylation is 1. The highest BCUT2D eigenvalue weighted by Crippen LogP contribution is 2.36. The lowest BCUT2D eigenvalue weighted by atomic mass is 10.1. The van der Waals surface area contributed by atoms with Crippen molar-refractivity contribution in [2.45, 2.75) is 13.8 Å². The fourth-order valence-corrected chi connectivity index (χ4v) is 2.95. The Morgan fingerprint density at radius 1 is 1.08 bits per heavy atom. The highest BCUT2D eigenvalue weighted by molar-refractivity contribution is 6.32. The second-order valence-electron chi connectivity index (χ2n) is 5.31. The molecule has 3 rings (SSSR count). The van der Waals surface area contributed by atoms with Crippen molar-refractivity contribution in [1.82, 2.24) is 9.55 Å². The van der Waals surface area contributed by atoms with Crippen molar-refractivity contribution in [2.75, 3.05) is 6.61 Å². The molecule has 0 spiro atoms. The third-order valence-corrected chi connectivity index (χ3v) is 3.91. The molecule has 25 heavy (non-hydrogen) atoms. The highest BCUT2D eigenvalue weighted by Gasteiger charge is 2.24. The van der Waals surface area contributed by atoms with Gasteiger partial charge in [-0.15, -0.1) is 0 Å². The lowest BCUT2D eigenvalue weighted by molar-refractivity contribution is 0.336. The lowest BCUT2D eigenvalue weighted by Crippen LogP contribution is -2.03. The molecule has 0 aliphatic carbocycles. The van der Waals surface area contributed by atoms with Crippen LogP contribution < -0.4 is 4.74 Å². The van der Waals surface area contributed by atoms with E-state index in [2.05, 4.69) is 4.98 Å². The topological polar surface area (TPSA) is 27.1 Å². The molecule has 0 N–H and O–H groups in total. The number of benzene rings is 2. The molecule has 2 aromatic carbocycles. The standard InChI is InChI=1S/C18H14ClF3N2O/c1-3-25-13-8-14(21)16(15(22)9-13)17-18(19)23-10(2)24(17)12-6-4-11(20)5-7-12/h4-9H,3H2,1-2H3. The van der Waals surface area contributed by atoms with Crippen LogP contribution in [0.1, 0.15) is 12.7 Å². The third-order valence-electron chi connectivity index (χ3n) is 3.65. The number of ether oxygens (including phenoxy) is 1. The van der Waals surface area contributed by atoms with Crippen LogP contribution in [-0.4, -0.2) is 16.2 Å². The van der Waals surface area contributed by atoms with E-state index in [-0.39, 0.29) is 28.8 Å². The van der Waals surface area contributed by atoms with Gasteiger partial charge in [-0.05, 0) is 38.1 Å². The minimum absolute atomic E-state index is 0.0521. The summed E-state index contributed by atoms with van der Waals surface area (Å²) in [6.45, 7) is 3.64. The maximum Gasteiger partial charge on any atom is 0.155 e. The van der Waals surface area contributed by atoms with E-state index in [1.54, 1.807) is 13.8 Å². The molecule has 0 atom stereocenters. The largest absolute Gasteiger partial charge is 0.494 e. The summed E-state index contributed by atoms with van der Waals surface area (Å²) in [6.07, 6.45) is 0. The van der Waals surface area contributed by atoms with Gasteiger partial charge < -0.3 is 4.74 Å². The van der Waals surface area contributed by atoms with Crippen molar-refractivity contribution in [3.8, 4) is 22.7 Å². The quantitative estimate of drug-likeness (QED) is 0.625. The van der Waals surface area contributed by atoms with E-state index in [1.165, 1.54) is 28.8 Å². The number of nitrogens with zero attached hydrogens (tertiary/aromatic N) is 2. The minimum atomic E-state index is -0.825. The van der Waals surface area contributed by atoms with E-state index in [1.807, 2.05) is 0 Å². The molecule has 0 aliphatic heterocycles. The van der Waals surface area contributed by atoms with Crippen LogP contribution in [0.3, 0.4) is 0 Å². The summed E-state index contributed by atoms with van der Waals surface area (Å²) in [5.74, 6) is -1.57. The Bertz CT molecular complexity index is 900. The van der Waals surface area contributed by atoms with Gasteiger partial charge in [0.2, 0.25) is 0 Å². The van der Waals surface area contributed by atoms with Gasteiger partial charge in [0.05, 0.1) is 17.9 Å². The summed E-state index contributed by atoms with van der Waals surface area (Å²) >= 11 is 6.14. The number of imidazole rings is 1. The van der Waals surface area contributed by atoms with E-state index < -0.39 is 17.5 Å². The van der Waals surface area contributed by atoms with Crippen molar-refractivity contribution >= 4 is 11.6 Å². The van der Waals surface area contributed by atoms with Gasteiger partial charge >= 0.3 is 0 Å². The normalized spacial score (nSPS) is 11.0. The Balaban J connectivity index is 2.23. The monoisotopic (exact) mass is 366 g/mol. The molecule has 0 unspecified atom stereocenters. The number of rotatable bonds is 4. The molecule has 7 heteroatoms.